The third-order valence-corrected chi connectivity index (χ3v) is 7.64. The molecule has 0 saturated carbocycles. The van der Waals surface area contributed by atoms with Crippen molar-refractivity contribution in [2.75, 3.05) is 29.9 Å². The summed E-state index contributed by atoms with van der Waals surface area (Å²) in [4.78, 5) is 14.5. The molecule has 0 aliphatic carbocycles. The summed E-state index contributed by atoms with van der Waals surface area (Å²) in [5, 5.41) is 3.10. The molecule has 1 N–H and O–H groups in total. The van der Waals surface area contributed by atoms with Gasteiger partial charge >= 0.3 is 6.03 Å². The highest BCUT2D eigenvalue weighted by Crippen LogP contribution is 2.44. The van der Waals surface area contributed by atoms with Crippen LogP contribution in [-0.2, 0) is 0 Å². The lowest BCUT2D eigenvalue weighted by molar-refractivity contribution is 0.176. The third-order valence-electron chi connectivity index (χ3n) is 4.62. The molecule has 2 fully saturated rings. The second-order valence-electron chi connectivity index (χ2n) is 6.35. The van der Waals surface area contributed by atoms with Gasteiger partial charge in [-0.05, 0) is 54.4 Å². The van der Waals surface area contributed by atoms with Gasteiger partial charge in [0, 0.05) is 18.8 Å². The average molecular weight is 351 g/mol. The molecule has 1 unspecified atom stereocenters. The van der Waals surface area contributed by atoms with Crippen molar-refractivity contribution in [2.24, 2.45) is 5.92 Å². The molecule has 2 heterocycles. The second kappa shape index (κ2) is 8.34. The van der Waals surface area contributed by atoms with Crippen LogP contribution in [-0.4, -0.2) is 35.5 Å². The molecule has 0 bridgehead atoms. The minimum atomic E-state index is 0.0595. The van der Waals surface area contributed by atoms with E-state index in [1.165, 1.54) is 29.9 Å². The number of urea groups is 1. The summed E-state index contributed by atoms with van der Waals surface area (Å²) in [5.41, 5.74) is 2.25. The Hall–Kier alpha value is -0.810. The Morgan fingerprint density at radius 3 is 2.91 bits per heavy atom. The molecular formula is C18H26N2OS2. The van der Waals surface area contributed by atoms with E-state index in [4.69, 9.17) is 0 Å². The van der Waals surface area contributed by atoms with E-state index in [9.17, 15) is 4.79 Å². The van der Waals surface area contributed by atoms with Crippen molar-refractivity contribution in [2.45, 2.75) is 37.2 Å². The molecule has 2 aliphatic heterocycles. The van der Waals surface area contributed by atoms with E-state index < -0.39 is 0 Å². The zero-order chi connectivity index (χ0) is 16.1. The lowest BCUT2D eigenvalue weighted by Crippen LogP contribution is -2.42. The fourth-order valence-corrected chi connectivity index (χ4v) is 6.10. The van der Waals surface area contributed by atoms with Gasteiger partial charge in [0.15, 0.2) is 0 Å². The Morgan fingerprint density at radius 2 is 2.13 bits per heavy atom. The first-order chi connectivity index (χ1) is 11.3. The monoisotopic (exact) mass is 350 g/mol. The van der Waals surface area contributed by atoms with Crippen LogP contribution in [0.1, 0.15) is 42.8 Å². The maximum Gasteiger partial charge on any atom is 0.321 e. The summed E-state index contributed by atoms with van der Waals surface area (Å²) in [6.45, 7) is 4.00. The SMILES string of the molecule is CCC1CCCN(C(=O)Nc2cccc(C3SCCCS3)c2)C1. The van der Waals surface area contributed by atoms with Crippen LogP contribution in [0.5, 0.6) is 0 Å². The van der Waals surface area contributed by atoms with E-state index in [-0.39, 0.29) is 6.03 Å². The first-order valence-corrected chi connectivity index (χ1v) is 10.7. The second-order valence-corrected chi connectivity index (χ2v) is 9.07. The van der Waals surface area contributed by atoms with Gasteiger partial charge in [0.1, 0.15) is 0 Å². The number of benzene rings is 1. The summed E-state index contributed by atoms with van der Waals surface area (Å²) in [6, 6.07) is 8.45. The summed E-state index contributed by atoms with van der Waals surface area (Å²) in [5.74, 6) is 3.14. The number of anilines is 1. The van der Waals surface area contributed by atoms with Crippen LogP contribution >= 0.6 is 23.5 Å². The van der Waals surface area contributed by atoms with E-state index in [0.29, 0.717) is 10.5 Å². The smallest absolute Gasteiger partial charge is 0.321 e. The van der Waals surface area contributed by atoms with Crippen LogP contribution in [0.2, 0.25) is 0 Å². The van der Waals surface area contributed by atoms with Crippen molar-refractivity contribution in [1.29, 1.82) is 0 Å². The van der Waals surface area contributed by atoms with Crippen molar-refractivity contribution in [3.05, 3.63) is 29.8 Å². The van der Waals surface area contributed by atoms with Gasteiger partial charge < -0.3 is 10.2 Å². The van der Waals surface area contributed by atoms with Gasteiger partial charge in [-0.25, -0.2) is 4.79 Å². The Kier molecular flexibility index (Phi) is 6.17. The molecule has 2 saturated heterocycles. The minimum absolute atomic E-state index is 0.0595. The van der Waals surface area contributed by atoms with Crippen molar-refractivity contribution in [3.8, 4) is 0 Å². The van der Waals surface area contributed by atoms with Crippen molar-refractivity contribution >= 4 is 35.2 Å². The lowest BCUT2D eigenvalue weighted by Gasteiger charge is -2.32. The number of piperidine rings is 1. The van der Waals surface area contributed by atoms with E-state index in [1.807, 2.05) is 34.5 Å². The number of thioether (sulfide) groups is 2. The summed E-state index contributed by atoms with van der Waals surface area (Å²) in [7, 11) is 0. The number of carbonyl (C=O) groups excluding carboxylic acids is 1. The number of amides is 2. The molecule has 1 atom stereocenters. The minimum Gasteiger partial charge on any atom is -0.324 e. The molecule has 1 aromatic carbocycles. The van der Waals surface area contributed by atoms with Gasteiger partial charge in [-0.15, -0.1) is 23.5 Å². The van der Waals surface area contributed by atoms with Gasteiger partial charge in [-0.1, -0.05) is 25.5 Å². The molecule has 2 aliphatic rings. The molecule has 2 amide bonds. The van der Waals surface area contributed by atoms with Gasteiger partial charge in [0.05, 0.1) is 4.58 Å². The van der Waals surface area contributed by atoms with Crippen molar-refractivity contribution in [3.63, 3.8) is 0 Å². The van der Waals surface area contributed by atoms with Gasteiger partial charge in [0.25, 0.3) is 0 Å². The normalized spacial score (nSPS) is 22.8. The zero-order valence-corrected chi connectivity index (χ0v) is 15.4. The molecule has 5 heteroatoms. The summed E-state index contributed by atoms with van der Waals surface area (Å²) in [6.07, 6.45) is 4.85. The number of hydrogen-bond donors (Lipinski definition) is 1. The Morgan fingerprint density at radius 1 is 1.30 bits per heavy atom. The lowest BCUT2D eigenvalue weighted by atomic mass is 9.96. The highest BCUT2D eigenvalue weighted by molar-refractivity contribution is 8.16. The average Bonchev–Trinajstić information content (AvgIpc) is 2.63. The first-order valence-electron chi connectivity index (χ1n) is 8.65. The molecule has 0 spiro atoms. The molecule has 0 radical (unpaired) electrons. The number of nitrogens with zero attached hydrogens (tertiary/aromatic N) is 1. The molecular weight excluding hydrogens is 324 g/mol. The maximum absolute atomic E-state index is 12.5. The van der Waals surface area contributed by atoms with Crippen LogP contribution in [0.25, 0.3) is 0 Å². The van der Waals surface area contributed by atoms with E-state index in [0.717, 1.165) is 31.6 Å². The highest BCUT2D eigenvalue weighted by atomic mass is 32.2. The maximum atomic E-state index is 12.5. The zero-order valence-electron chi connectivity index (χ0n) is 13.8. The van der Waals surface area contributed by atoms with Crippen LogP contribution in [0.4, 0.5) is 10.5 Å². The third kappa shape index (κ3) is 4.60. The summed E-state index contributed by atoms with van der Waals surface area (Å²) >= 11 is 4.03. The summed E-state index contributed by atoms with van der Waals surface area (Å²) < 4.78 is 0.514. The largest absolute Gasteiger partial charge is 0.324 e. The quantitative estimate of drug-likeness (QED) is 0.812. The number of nitrogens with one attached hydrogen (secondary N) is 1. The van der Waals surface area contributed by atoms with Crippen molar-refractivity contribution in [1.82, 2.24) is 4.90 Å². The fourth-order valence-electron chi connectivity index (χ4n) is 3.23. The van der Waals surface area contributed by atoms with Crippen LogP contribution in [0, 0.1) is 5.92 Å². The highest BCUT2D eigenvalue weighted by Gasteiger charge is 2.23. The fraction of sp³-hybridized carbons (Fsp3) is 0.611. The molecule has 126 valence electrons. The van der Waals surface area contributed by atoms with E-state index >= 15 is 0 Å². The predicted octanol–water partition coefficient (Wildman–Crippen LogP) is 5.21. The molecule has 3 rings (SSSR count). The molecule has 3 nitrogen and oxygen atoms in total. The number of likely N-dealkylation sites (tertiary alicyclic amines) is 1. The molecule has 0 aromatic heterocycles. The van der Waals surface area contributed by atoms with Crippen LogP contribution in [0.15, 0.2) is 24.3 Å². The first kappa shape index (κ1) is 17.0. The van der Waals surface area contributed by atoms with E-state index in [1.54, 1.807) is 0 Å². The Balaban J connectivity index is 1.61. The van der Waals surface area contributed by atoms with Crippen LogP contribution < -0.4 is 5.32 Å². The predicted molar refractivity (Wildman–Crippen MR) is 102 cm³/mol. The van der Waals surface area contributed by atoms with Gasteiger partial charge in [0.2, 0.25) is 0 Å². The van der Waals surface area contributed by atoms with Gasteiger partial charge in [-0.2, -0.15) is 0 Å². The number of hydrogen-bond acceptors (Lipinski definition) is 3. The Bertz CT molecular complexity index is 532. The number of rotatable bonds is 3. The van der Waals surface area contributed by atoms with Crippen LogP contribution in [0.3, 0.4) is 0 Å². The number of carbonyl (C=O) groups is 1. The standard InChI is InChI=1S/C18H26N2OS2/c1-2-14-6-4-9-20(13-14)18(21)19-16-8-3-7-15(12-16)17-22-10-5-11-23-17/h3,7-8,12,14,17H,2,4-6,9-11,13H2,1H3,(H,19,21). The molecule has 1 aromatic rings. The van der Waals surface area contributed by atoms with E-state index in [2.05, 4.69) is 30.4 Å². The van der Waals surface area contributed by atoms with Gasteiger partial charge in [-0.3, -0.25) is 0 Å². The molecule has 23 heavy (non-hydrogen) atoms. The Labute approximate surface area is 148 Å². The topological polar surface area (TPSA) is 32.3 Å². The van der Waals surface area contributed by atoms with Crippen molar-refractivity contribution < 1.29 is 4.79 Å².